The Bertz CT molecular complexity index is 901. The highest BCUT2D eigenvalue weighted by molar-refractivity contribution is 7.98. The number of non-ortho nitro benzene ring substituents is 1. The van der Waals surface area contributed by atoms with Crippen molar-refractivity contribution in [3.8, 4) is 5.75 Å². The molecule has 0 amide bonds. The average molecular weight is 375 g/mol. The molecule has 3 aromatic rings. The fraction of sp³-hybridized carbons (Fsp3) is 0.176. The molecule has 26 heavy (non-hydrogen) atoms. The maximum atomic E-state index is 13.6. The van der Waals surface area contributed by atoms with Crippen LogP contribution in [0.15, 0.2) is 58.2 Å². The van der Waals surface area contributed by atoms with Gasteiger partial charge in [-0.05, 0) is 24.6 Å². The third-order valence-electron chi connectivity index (χ3n) is 3.42. The molecule has 1 aromatic heterocycles. The first-order chi connectivity index (χ1) is 12.5. The van der Waals surface area contributed by atoms with E-state index in [-0.39, 0.29) is 17.3 Å². The maximum Gasteiger partial charge on any atom is 0.277 e. The van der Waals surface area contributed by atoms with Gasteiger partial charge < -0.3 is 9.15 Å². The number of thioether (sulfide) groups is 1. The molecular weight excluding hydrogens is 361 g/mol. The van der Waals surface area contributed by atoms with Crippen molar-refractivity contribution in [1.82, 2.24) is 10.2 Å². The van der Waals surface area contributed by atoms with E-state index in [4.69, 9.17) is 9.15 Å². The zero-order chi connectivity index (χ0) is 18.5. The van der Waals surface area contributed by atoms with E-state index in [1.807, 2.05) is 0 Å². The number of hydrogen-bond donors (Lipinski definition) is 0. The number of halogens is 1. The van der Waals surface area contributed by atoms with Gasteiger partial charge in [-0.1, -0.05) is 36.0 Å². The summed E-state index contributed by atoms with van der Waals surface area (Å²) in [5.41, 5.74) is 0.925. The molecule has 0 aliphatic carbocycles. The number of benzene rings is 2. The van der Waals surface area contributed by atoms with Gasteiger partial charge in [-0.3, -0.25) is 10.1 Å². The van der Waals surface area contributed by atoms with Crippen LogP contribution in [0.2, 0.25) is 0 Å². The quantitative estimate of drug-likeness (QED) is 0.340. The molecule has 0 N–H and O–H groups in total. The fourth-order valence-corrected chi connectivity index (χ4v) is 2.81. The molecule has 0 aliphatic heterocycles. The molecule has 0 saturated heterocycles. The van der Waals surface area contributed by atoms with Crippen molar-refractivity contribution in [3.63, 3.8) is 0 Å². The smallest absolute Gasteiger partial charge is 0.277 e. The number of rotatable bonds is 7. The molecule has 0 bridgehead atoms. The molecule has 0 saturated carbocycles. The van der Waals surface area contributed by atoms with Crippen LogP contribution >= 0.6 is 11.8 Å². The molecule has 0 aliphatic rings. The summed E-state index contributed by atoms with van der Waals surface area (Å²) in [6.45, 7) is 1.69. The van der Waals surface area contributed by atoms with Crippen molar-refractivity contribution in [1.29, 1.82) is 0 Å². The zero-order valence-electron chi connectivity index (χ0n) is 13.7. The van der Waals surface area contributed by atoms with Crippen molar-refractivity contribution in [2.45, 2.75) is 24.0 Å². The predicted molar refractivity (Wildman–Crippen MR) is 92.4 cm³/mol. The third-order valence-corrected chi connectivity index (χ3v) is 4.31. The molecule has 0 fully saturated rings. The first kappa shape index (κ1) is 17.9. The lowest BCUT2D eigenvalue weighted by Crippen LogP contribution is -2.04. The van der Waals surface area contributed by atoms with Gasteiger partial charge in [0.2, 0.25) is 0 Å². The summed E-state index contributed by atoms with van der Waals surface area (Å²) >= 11 is 1.30. The van der Waals surface area contributed by atoms with Gasteiger partial charge in [-0.25, -0.2) is 4.39 Å². The van der Waals surface area contributed by atoms with Crippen LogP contribution in [0.1, 0.15) is 24.5 Å². The summed E-state index contributed by atoms with van der Waals surface area (Å²) in [5.74, 6) is 0.395. The van der Waals surface area contributed by atoms with Crippen molar-refractivity contribution in [3.05, 3.63) is 75.9 Å². The molecular formula is C17H14FN3O4S. The van der Waals surface area contributed by atoms with Crippen molar-refractivity contribution in [2.75, 3.05) is 0 Å². The number of aromatic nitrogens is 2. The van der Waals surface area contributed by atoms with Gasteiger partial charge in [-0.15, -0.1) is 10.2 Å². The minimum atomic E-state index is -0.604. The van der Waals surface area contributed by atoms with E-state index in [0.717, 1.165) is 5.56 Å². The van der Waals surface area contributed by atoms with Gasteiger partial charge >= 0.3 is 0 Å². The molecule has 9 heteroatoms. The van der Waals surface area contributed by atoms with Gasteiger partial charge in [0.1, 0.15) is 0 Å². The summed E-state index contributed by atoms with van der Waals surface area (Å²) in [4.78, 5) is 10.2. The van der Waals surface area contributed by atoms with E-state index in [1.54, 1.807) is 31.2 Å². The van der Waals surface area contributed by atoms with E-state index in [9.17, 15) is 14.5 Å². The summed E-state index contributed by atoms with van der Waals surface area (Å²) in [6.07, 6.45) is -0.604. The SMILES string of the molecule is C[C@H](Oc1ccccc1F)c1nnc(SCc2ccc([N+](=O)[O-])cc2)o1. The normalized spacial score (nSPS) is 11.9. The zero-order valence-corrected chi connectivity index (χ0v) is 14.5. The Morgan fingerprint density at radius 3 is 2.65 bits per heavy atom. The topological polar surface area (TPSA) is 91.3 Å². The Hall–Kier alpha value is -2.94. The number of nitro groups is 1. The van der Waals surface area contributed by atoms with E-state index in [0.29, 0.717) is 11.0 Å². The van der Waals surface area contributed by atoms with E-state index < -0.39 is 16.8 Å². The lowest BCUT2D eigenvalue weighted by Gasteiger charge is -2.11. The highest BCUT2D eigenvalue weighted by Gasteiger charge is 2.17. The first-order valence-electron chi connectivity index (χ1n) is 7.63. The summed E-state index contributed by atoms with van der Waals surface area (Å²) in [7, 11) is 0. The van der Waals surface area contributed by atoms with Crippen molar-refractivity contribution < 1.29 is 18.5 Å². The van der Waals surface area contributed by atoms with Crippen LogP contribution < -0.4 is 4.74 Å². The van der Waals surface area contributed by atoms with Crippen LogP contribution in [0.4, 0.5) is 10.1 Å². The second-order valence-corrected chi connectivity index (χ2v) is 6.24. The molecule has 1 atom stereocenters. The number of nitrogens with zero attached hydrogens (tertiary/aromatic N) is 3. The number of para-hydroxylation sites is 1. The minimum Gasteiger partial charge on any atom is -0.478 e. The van der Waals surface area contributed by atoms with Gasteiger partial charge in [0.25, 0.3) is 16.8 Å². The van der Waals surface area contributed by atoms with Crippen LogP contribution in [0.25, 0.3) is 0 Å². The van der Waals surface area contributed by atoms with Crippen LogP contribution in [-0.4, -0.2) is 15.1 Å². The molecule has 0 radical (unpaired) electrons. The summed E-state index contributed by atoms with van der Waals surface area (Å²) < 4.78 is 24.6. The lowest BCUT2D eigenvalue weighted by atomic mass is 10.2. The first-order valence-corrected chi connectivity index (χ1v) is 8.62. The minimum absolute atomic E-state index is 0.0398. The standard InChI is InChI=1S/C17H14FN3O4S/c1-11(24-15-5-3-2-4-14(15)18)16-19-20-17(25-16)26-10-12-6-8-13(9-7-12)21(22)23/h2-9,11H,10H2,1H3/t11-/m0/s1. The fourth-order valence-electron chi connectivity index (χ4n) is 2.08. The van der Waals surface area contributed by atoms with E-state index >= 15 is 0 Å². The molecule has 134 valence electrons. The predicted octanol–water partition coefficient (Wildman–Crippen LogP) is 4.55. The number of hydrogen-bond acceptors (Lipinski definition) is 7. The highest BCUT2D eigenvalue weighted by atomic mass is 32.2. The Kier molecular flexibility index (Phi) is 5.47. The average Bonchev–Trinajstić information content (AvgIpc) is 3.11. The number of ether oxygens (including phenoxy) is 1. The van der Waals surface area contributed by atoms with E-state index in [2.05, 4.69) is 10.2 Å². The molecule has 7 nitrogen and oxygen atoms in total. The second kappa shape index (κ2) is 7.96. The van der Waals surface area contributed by atoms with Gasteiger partial charge in [-0.2, -0.15) is 0 Å². The monoisotopic (exact) mass is 375 g/mol. The van der Waals surface area contributed by atoms with Gasteiger partial charge in [0, 0.05) is 17.9 Å². The molecule has 2 aromatic carbocycles. The van der Waals surface area contributed by atoms with Crippen molar-refractivity contribution >= 4 is 17.4 Å². The second-order valence-electron chi connectivity index (χ2n) is 5.31. The van der Waals surface area contributed by atoms with Crippen LogP contribution in [0, 0.1) is 15.9 Å². The molecule has 3 rings (SSSR count). The molecule has 1 heterocycles. The third kappa shape index (κ3) is 4.37. The Morgan fingerprint density at radius 2 is 1.96 bits per heavy atom. The van der Waals surface area contributed by atoms with Crippen LogP contribution in [-0.2, 0) is 5.75 Å². The number of nitro benzene ring substituents is 1. The summed E-state index contributed by atoms with van der Waals surface area (Å²) in [6, 6.07) is 12.3. The van der Waals surface area contributed by atoms with Crippen molar-refractivity contribution in [2.24, 2.45) is 0 Å². The molecule has 0 spiro atoms. The van der Waals surface area contributed by atoms with Crippen LogP contribution in [0.5, 0.6) is 5.75 Å². The van der Waals surface area contributed by atoms with Gasteiger partial charge in [0.15, 0.2) is 17.7 Å². The Balaban J connectivity index is 1.59. The largest absolute Gasteiger partial charge is 0.478 e. The lowest BCUT2D eigenvalue weighted by molar-refractivity contribution is -0.384. The molecule has 0 unspecified atom stereocenters. The van der Waals surface area contributed by atoms with Gasteiger partial charge in [0.05, 0.1) is 4.92 Å². The highest BCUT2D eigenvalue weighted by Crippen LogP contribution is 2.27. The Labute approximate surface area is 152 Å². The van der Waals surface area contributed by atoms with E-state index in [1.165, 1.54) is 36.0 Å². The Morgan fingerprint density at radius 1 is 1.23 bits per heavy atom. The summed E-state index contributed by atoms with van der Waals surface area (Å²) in [5, 5.41) is 18.8. The van der Waals surface area contributed by atoms with Crippen LogP contribution in [0.3, 0.4) is 0 Å². The maximum absolute atomic E-state index is 13.6.